The van der Waals surface area contributed by atoms with Gasteiger partial charge in [0.25, 0.3) is 0 Å². The number of carbonyl (C=O) groups is 1. The maximum absolute atomic E-state index is 11.8. The van der Waals surface area contributed by atoms with Crippen LogP contribution in [0.25, 0.3) is 0 Å². The van der Waals surface area contributed by atoms with Gasteiger partial charge in [-0.3, -0.25) is 4.79 Å². The molecule has 3 nitrogen and oxygen atoms in total. The predicted octanol–water partition coefficient (Wildman–Crippen LogP) is 5.13. The maximum atomic E-state index is 11.8. The molecule has 118 valence electrons. The van der Waals surface area contributed by atoms with E-state index in [1.165, 1.54) is 44.9 Å². The van der Waals surface area contributed by atoms with Gasteiger partial charge in [0.15, 0.2) is 0 Å². The number of unbranched alkanes of at least 4 members (excludes halogenated alkanes) is 8. The van der Waals surface area contributed by atoms with Crippen LogP contribution in [0.1, 0.15) is 71.1 Å². The Morgan fingerprint density at radius 1 is 1.00 bits per heavy atom. The summed E-state index contributed by atoms with van der Waals surface area (Å²) in [4.78, 5) is 11.8. The monoisotopic (exact) mass is 290 g/mol. The summed E-state index contributed by atoms with van der Waals surface area (Å²) < 4.78 is 0. The smallest absolute Gasteiger partial charge is 0.224 e. The molecule has 0 bridgehead atoms. The second-order valence-corrected chi connectivity index (χ2v) is 5.75. The van der Waals surface area contributed by atoms with Crippen LogP contribution in [-0.2, 0) is 4.79 Å². The third-order valence-electron chi connectivity index (χ3n) is 3.68. The van der Waals surface area contributed by atoms with Crippen molar-refractivity contribution in [3.05, 3.63) is 24.3 Å². The van der Waals surface area contributed by atoms with E-state index in [2.05, 4.69) is 12.2 Å². The molecule has 1 amide bonds. The topological polar surface area (TPSA) is 55.1 Å². The summed E-state index contributed by atoms with van der Waals surface area (Å²) in [5.41, 5.74) is 7.15. The molecule has 1 rings (SSSR count). The summed E-state index contributed by atoms with van der Waals surface area (Å²) in [5.74, 6) is 0.0866. The van der Waals surface area contributed by atoms with E-state index >= 15 is 0 Å². The minimum absolute atomic E-state index is 0.0866. The first-order valence-corrected chi connectivity index (χ1v) is 8.37. The van der Waals surface area contributed by atoms with Crippen LogP contribution in [0.4, 0.5) is 11.4 Å². The predicted molar refractivity (Wildman–Crippen MR) is 91.3 cm³/mol. The number of carbonyl (C=O) groups excluding carboxylic acids is 1. The molecule has 0 atom stereocenters. The Morgan fingerprint density at radius 2 is 1.62 bits per heavy atom. The fourth-order valence-electron chi connectivity index (χ4n) is 2.44. The molecule has 0 saturated carbocycles. The van der Waals surface area contributed by atoms with Crippen molar-refractivity contribution in [1.29, 1.82) is 0 Å². The lowest BCUT2D eigenvalue weighted by Crippen LogP contribution is -2.11. The lowest BCUT2D eigenvalue weighted by Gasteiger charge is -2.06. The molecular weight excluding hydrogens is 260 g/mol. The van der Waals surface area contributed by atoms with Crippen LogP contribution in [0.2, 0.25) is 0 Å². The van der Waals surface area contributed by atoms with Crippen molar-refractivity contribution in [3.8, 4) is 0 Å². The normalized spacial score (nSPS) is 10.5. The molecule has 1 aromatic rings. The number of benzene rings is 1. The van der Waals surface area contributed by atoms with E-state index in [1.54, 1.807) is 6.07 Å². The lowest BCUT2D eigenvalue weighted by atomic mass is 10.1. The summed E-state index contributed by atoms with van der Waals surface area (Å²) in [6, 6.07) is 7.32. The van der Waals surface area contributed by atoms with E-state index in [4.69, 9.17) is 5.73 Å². The average molecular weight is 290 g/mol. The molecule has 0 aliphatic heterocycles. The van der Waals surface area contributed by atoms with E-state index in [0.29, 0.717) is 12.1 Å². The number of nitrogens with two attached hydrogens (primary N) is 1. The van der Waals surface area contributed by atoms with Crippen LogP contribution in [0.5, 0.6) is 0 Å². The summed E-state index contributed by atoms with van der Waals surface area (Å²) >= 11 is 0. The van der Waals surface area contributed by atoms with Crippen LogP contribution in [0.15, 0.2) is 24.3 Å². The maximum Gasteiger partial charge on any atom is 0.224 e. The molecule has 1 aromatic carbocycles. The van der Waals surface area contributed by atoms with Gasteiger partial charge >= 0.3 is 0 Å². The highest BCUT2D eigenvalue weighted by Gasteiger charge is 2.02. The molecule has 0 aliphatic carbocycles. The third-order valence-corrected chi connectivity index (χ3v) is 3.68. The highest BCUT2D eigenvalue weighted by molar-refractivity contribution is 5.91. The second-order valence-electron chi connectivity index (χ2n) is 5.75. The Morgan fingerprint density at radius 3 is 2.24 bits per heavy atom. The standard InChI is InChI=1S/C18H30N2O/c1-2-3-4-5-6-7-8-9-10-14-18(21)20-17-13-11-12-16(19)15-17/h11-13,15H,2-10,14,19H2,1H3,(H,20,21). The first kappa shape index (κ1) is 17.5. The van der Waals surface area contributed by atoms with Gasteiger partial charge in [0.05, 0.1) is 0 Å². The van der Waals surface area contributed by atoms with Crippen LogP contribution in [0.3, 0.4) is 0 Å². The molecule has 0 saturated heterocycles. The van der Waals surface area contributed by atoms with E-state index < -0.39 is 0 Å². The van der Waals surface area contributed by atoms with E-state index in [1.807, 2.05) is 18.2 Å². The first-order valence-electron chi connectivity index (χ1n) is 8.37. The van der Waals surface area contributed by atoms with Crippen molar-refractivity contribution < 1.29 is 4.79 Å². The van der Waals surface area contributed by atoms with Gasteiger partial charge in [-0.05, 0) is 24.6 Å². The summed E-state index contributed by atoms with van der Waals surface area (Å²) in [6.07, 6.45) is 12.0. The van der Waals surface area contributed by atoms with E-state index in [0.717, 1.165) is 18.5 Å². The van der Waals surface area contributed by atoms with Crippen molar-refractivity contribution in [2.75, 3.05) is 11.1 Å². The van der Waals surface area contributed by atoms with Crippen molar-refractivity contribution in [2.45, 2.75) is 71.1 Å². The van der Waals surface area contributed by atoms with Crippen LogP contribution in [0, 0.1) is 0 Å². The van der Waals surface area contributed by atoms with Crippen LogP contribution in [-0.4, -0.2) is 5.91 Å². The van der Waals surface area contributed by atoms with Gasteiger partial charge in [-0.1, -0.05) is 64.4 Å². The number of nitrogen functional groups attached to an aromatic ring is 1. The van der Waals surface area contributed by atoms with E-state index in [-0.39, 0.29) is 5.91 Å². The Hall–Kier alpha value is -1.51. The molecule has 0 aliphatic rings. The molecule has 0 heterocycles. The van der Waals surface area contributed by atoms with Crippen molar-refractivity contribution in [3.63, 3.8) is 0 Å². The van der Waals surface area contributed by atoms with Gasteiger partial charge in [-0.15, -0.1) is 0 Å². The molecule has 3 heteroatoms. The Kier molecular flexibility index (Phi) is 9.34. The van der Waals surface area contributed by atoms with E-state index in [9.17, 15) is 4.79 Å². The van der Waals surface area contributed by atoms with Crippen molar-refractivity contribution in [2.24, 2.45) is 0 Å². The fourth-order valence-corrected chi connectivity index (χ4v) is 2.44. The molecular formula is C18H30N2O. The van der Waals surface area contributed by atoms with Crippen LogP contribution >= 0.6 is 0 Å². The number of rotatable bonds is 11. The zero-order chi connectivity index (χ0) is 15.3. The molecule has 3 N–H and O–H groups in total. The number of amides is 1. The molecule has 0 fully saturated rings. The molecule has 0 spiro atoms. The summed E-state index contributed by atoms with van der Waals surface area (Å²) in [5, 5.41) is 2.89. The average Bonchev–Trinajstić information content (AvgIpc) is 2.45. The summed E-state index contributed by atoms with van der Waals surface area (Å²) in [7, 11) is 0. The van der Waals surface area contributed by atoms with Gasteiger partial charge in [-0.25, -0.2) is 0 Å². The number of hydrogen-bond acceptors (Lipinski definition) is 2. The van der Waals surface area contributed by atoms with Crippen molar-refractivity contribution >= 4 is 17.3 Å². The Bertz CT molecular complexity index is 404. The van der Waals surface area contributed by atoms with Crippen LogP contribution < -0.4 is 11.1 Å². The largest absolute Gasteiger partial charge is 0.399 e. The minimum atomic E-state index is 0.0866. The quantitative estimate of drug-likeness (QED) is 0.438. The molecule has 0 radical (unpaired) electrons. The number of nitrogens with one attached hydrogen (secondary N) is 1. The fraction of sp³-hybridized carbons (Fsp3) is 0.611. The van der Waals surface area contributed by atoms with Crippen molar-refractivity contribution in [1.82, 2.24) is 0 Å². The van der Waals surface area contributed by atoms with Gasteiger partial charge in [0, 0.05) is 17.8 Å². The SMILES string of the molecule is CCCCCCCCCCCC(=O)Nc1cccc(N)c1. The molecule has 0 aromatic heterocycles. The van der Waals surface area contributed by atoms with Gasteiger partial charge in [0.2, 0.25) is 5.91 Å². The molecule has 21 heavy (non-hydrogen) atoms. The molecule has 0 unspecified atom stereocenters. The minimum Gasteiger partial charge on any atom is -0.399 e. The Labute approximate surface area is 129 Å². The highest BCUT2D eigenvalue weighted by Crippen LogP contribution is 2.13. The number of anilines is 2. The highest BCUT2D eigenvalue weighted by atomic mass is 16.1. The second kappa shape index (κ2) is 11.2. The number of hydrogen-bond donors (Lipinski definition) is 2. The van der Waals surface area contributed by atoms with Gasteiger partial charge in [0.1, 0.15) is 0 Å². The first-order chi connectivity index (χ1) is 10.2. The van der Waals surface area contributed by atoms with Gasteiger partial charge in [-0.2, -0.15) is 0 Å². The zero-order valence-corrected chi connectivity index (χ0v) is 13.4. The Balaban J connectivity index is 1.99. The third kappa shape index (κ3) is 9.11. The summed E-state index contributed by atoms with van der Waals surface area (Å²) in [6.45, 7) is 2.24. The lowest BCUT2D eigenvalue weighted by molar-refractivity contribution is -0.116. The zero-order valence-electron chi connectivity index (χ0n) is 13.4. The van der Waals surface area contributed by atoms with Gasteiger partial charge < -0.3 is 11.1 Å².